The number of aromatic nitrogens is 2. The molecule has 0 atom stereocenters. The molecule has 2 N–H and O–H groups in total. The average Bonchev–Trinajstić information content (AvgIpc) is 3.11. The molecule has 8 heteroatoms. The molecule has 0 aliphatic carbocycles. The van der Waals surface area contributed by atoms with Gasteiger partial charge in [-0.25, -0.2) is 0 Å². The van der Waals surface area contributed by atoms with Crippen LogP contribution in [0.5, 0.6) is 0 Å². The van der Waals surface area contributed by atoms with E-state index in [2.05, 4.69) is 20.8 Å². The van der Waals surface area contributed by atoms with Crippen molar-refractivity contribution in [3.8, 4) is 0 Å². The number of amides is 2. The summed E-state index contributed by atoms with van der Waals surface area (Å²) in [4.78, 5) is 24.9. The van der Waals surface area contributed by atoms with Crippen LogP contribution >= 0.6 is 22.9 Å². The van der Waals surface area contributed by atoms with Gasteiger partial charge in [0.1, 0.15) is 5.01 Å². The Morgan fingerprint density at radius 1 is 1.04 bits per heavy atom. The predicted octanol–water partition coefficient (Wildman–Crippen LogP) is 4.19. The van der Waals surface area contributed by atoms with E-state index in [9.17, 15) is 9.59 Å². The molecule has 0 saturated carbocycles. The summed E-state index contributed by atoms with van der Waals surface area (Å²) in [6.07, 6.45) is 0.939. The largest absolute Gasteiger partial charge is 0.325 e. The first-order chi connectivity index (χ1) is 13.0. The van der Waals surface area contributed by atoms with Crippen LogP contribution in [0.4, 0.5) is 10.8 Å². The molecule has 0 radical (unpaired) electrons. The highest BCUT2D eigenvalue weighted by Crippen LogP contribution is 2.20. The van der Waals surface area contributed by atoms with Gasteiger partial charge in [0.15, 0.2) is 0 Å². The minimum atomic E-state index is -0.351. The Bertz CT molecular complexity index is 956. The van der Waals surface area contributed by atoms with Crippen molar-refractivity contribution in [3.05, 3.63) is 69.7 Å². The fourth-order valence-corrected chi connectivity index (χ4v) is 3.18. The van der Waals surface area contributed by atoms with E-state index in [0.717, 1.165) is 17.0 Å². The van der Waals surface area contributed by atoms with Crippen molar-refractivity contribution in [2.45, 2.75) is 19.8 Å². The number of rotatable bonds is 6. The molecule has 0 aliphatic heterocycles. The highest BCUT2D eigenvalue weighted by molar-refractivity contribution is 7.15. The molecule has 3 rings (SSSR count). The first-order valence-corrected chi connectivity index (χ1v) is 9.51. The van der Waals surface area contributed by atoms with E-state index in [1.807, 2.05) is 6.92 Å². The van der Waals surface area contributed by atoms with Gasteiger partial charge in [0.2, 0.25) is 11.0 Å². The second-order valence-corrected chi connectivity index (χ2v) is 7.20. The number of hydrogen-bond donors (Lipinski definition) is 2. The van der Waals surface area contributed by atoms with Gasteiger partial charge in [-0.3, -0.25) is 14.9 Å². The van der Waals surface area contributed by atoms with Crippen molar-refractivity contribution in [2.75, 3.05) is 10.6 Å². The molecule has 3 aromatic rings. The molecule has 138 valence electrons. The summed E-state index contributed by atoms with van der Waals surface area (Å²) >= 11 is 7.18. The summed E-state index contributed by atoms with van der Waals surface area (Å²) in [6.45, 7) is 1.97. The van der Waals surface area contributed by atoms with E-state index >= 15 is 0 Å². The van der Waals surface area contributed by atoms with Gasteiger partial charge in [-0.05, 0) is 36.2 Å². The van der Waals surface area contributed by atoms with Gasteiger partial charge in [-0.15, -0.1) is 10.2 Å². The average molecular weight is 401 g/mol. The highest BCUT2D eigenvalue weighted by atomic mass is 35.5. The minimum Gasteiger partial charge on any atom is -0.325 e. The number of carbonyl (C=O) groups excluding carboxylic acids is 2. The lowest BCUT2D eigenvalue weighted by Crippen LogP contribution is -2.19. The molecule has 0 saturated heterocycles. The second kappa shape index (κ2) is 8.75. The summed E-state index contributed by atoms with van der Waals surface area (Å²) in [5, 5.41) is 15.3. The summed E-state index contributed by atoms with van der Waals surface area (Å²) in [7, 11) is 0. The third kappa shape index (κ3) is 5.12. The zero-order valence-corrected chi connectivity index (χ0v) is 16.1. The van der Waals surface area contributed by atoms with Crippen molar-refractivity contribution in [1.29, 1.82) is 0 Å². The van der Waals surface area contributed by atoms with Gasteiger partial charge in [0.25, 0.3) is 5.91 Å². The lowest BCUT2D eigenvalue weighted by atomic mass is 10.1. The van der Waals surface area contributed by atoms with Crippen molar-refractivity contribution >= 4 is 45.6 Å². The summed E-state index contributed by atoms with van der Waals surface area (Å²) in [6, 6.07) is 13.9. The standard InChI is InChI=1S/C19H17ClN4O2S/c1-2-17-23-24-19(27-17)22-18(26)14-5-3-4-6-15(14)21-16(25)11-12-7-9-13(20)10-8-12/h3-10H,2,11H2,1H3,(H,21,25)(H,22,24,26). The predicted molar refractivity (Wildman–Crippen MR) is 107 cm³/mol. The number of anilines is 2. The first-order valence-electron chi connectivity index (χ1n) is 8.32. The van der Waals surface area contributed by atoms with E-state index in [1.54, 1.807) is 48.5 Å². The van der Waals surface area contributed by atoms with Gasteiger partial charge in [-0.2, -0.15) is 0 Å². The summed E-state index contributed by atoms with van der Waals surface area (Å²) in [5.74, 6) is -0.571. The van der Waals surface area contributed by atoms with Crippen molar-refractivity contribution in [3.63, 3.8) is 0 Å². The lowest BCUT2D eigenvalue weighted by molar-refractivity contribution is -0.115. The number of hydrogen-bond acceptors (Lipinski definition) is 5. The van der Waals surface area contributed by atoms with Crippen molar-refractivity contribution in [2.24, 2.45) is 0 Å². The molecule has 6 nitrogen and oxygen atoms in total. The van der Waals surface area contributed by atoms with Crippen LogP contribution in [0.15, 0.2) is 48.5 Å². The van der Waals surface area contributed by atoms with Crippen LogP contribution in [0.1, 0.15) is 27.9 Å². The molecule has 1 heterocycles. The molecule has 0 bridgehead atoms. The molecular formula is C19H17ClN4O2S. The van der Waals surface area contributed by atoms with Crippen LogP contribution in [-0.4, -0.2) is 22.0 Å². The van der Waals surface area contributed by atoms with Gasteiger partial charge in [0.05, 0.1) is 17.7 Å². The Morgan fingerprint density at radius 2 is 1.78 bits per heavy atom. The van der Waals surface area contributed by atoms with Gasteiger partial charge in [0, 0.05) is 5.02 Å². The van der Waals surface area contributed by atoms with E-state index in [1.165, 1.54) is 11.3 Å². The van der Waals surface area contributed by atoms with Gasteiger partial charge < -0.3 is 5.32 Å². The Balaban J connectivity index is 1.70. The highest BCUT2D eigenvalue weighted by Gasteiger charge is 2.15. The van der Waals surface area contributed by atoms with Crippen molar-refractivity contribution < 1.29 is 9.59 Å². The van der Waals surface area contributed by atoms with Crippen LogP contribution in [0.3, 0.4) is 0 Å². The molecule has 27 heavy (non-hydrogen) atoms. The van der Waals surface area contributed by atoms with Crippen LogP contribution in [-0.2, 0) is 17.6 Å². The van der Waals surface area contributed by atoms with Crippen LogP contribution < -0.4 is 10.6 Å². The maximum absolute atomic E-state index is 12.6. The topological polar surface area (TPSA) is 84.0 Å². The fourth-order valence-electron chi connectivity index (χ4n) is 2.38. The van der Waals surface area contributed by atoms with Crippen LogP contribution in [0.25, 0.3) is 0 Å². The van der Waals surface area contributed by atoms with Crippen LogP contribution in [0.2, 0.25) is 5.02 Å². The van der Waals surface area contributed by atoms with Gasteiger partial charge in [-0.1, -0.05) is 54.1 Å². The Kier molecular flexibility index (Phi) is 6.16. The normalized spacial score (nSPS) is 10.4. The van der Waals surface area contributed by atoms with Gasteiger partial charge >= 0.3 is 0 Å². The third-order valence-electron chi connectivity index (χ3n) is 3.71. The zero-order chi connectivity index (χ0) is 19.2. The maximum Gasteiger partial charge on any atom is 0.259 e. The lowest BCUT2D eigenvalue weighted by Gasteiger charge is -2.10. The van der Waals surface area contributed by atoms with Crippen LogP contribution in [0, 0.1) is 0 Å². The first kappa shape index (κ1) is 19.0. The summed E-state index contributed by atoms with van der Waals surface area (Å²) < 4.78 is 0. The molecule has 0 aliphatic rings. The number of nitrogens with zero attached hydrogens (tertiary/aromatic N) is 2. The van der Waals surface area contributed by atoms with E-state index in [-0.39, 0.29) is 18.2 Å². The number of benzene rings is 2. The molecule has 1 aromatic heterocycles. The van der Waals surface area contributed by atoms with Crippen molar-refractivity contribution in [1.82, 2.24) is 10.2 Å². The maximum atomic E-state index is 12.6. The Labute approximate surface area is 165 Å². The number of para-hydroxylation sites is 1. The Hall–Kier alpha value is -2.77. The van der Waals surface area contributed by atoms with E-state index in [4.69, 9.17) is 11.6 Å². The number of nitrogens with one attached hydrogen (secondary N) is 2. The Morgan fingerprint density at radius 3 is 2.48 bits per heavy atom. The monoisotopic (exact) mass is 400 g/mol. The number of halogens is 1. The molecular weight excluding hydrogens is 384 g/mol. The quantitative estimate of drug-likeness (QED) is 0.649. The molecule has 0 spiro atoms. The molecule has 2 amide bonds. The molecule has 2 aromatic carbocycles. The summed E-state index contributed by atoms with van der Waals surface area (Å²) in [5.41, 5.74) is 1.63. The number of carbonyl (C=O) groups is 2. The number of aryl methyl sites for hydroxylation is 1. The third-order valence-corrected chi connectivity index (χ3v) is 4.95. The minimum absolute atomic E-state index is 0.184. The van der Waals surface area contributed by atoms with E-state index < -0.39 is 0 Å². The molecule has 0 fully saturated rings. The molecule has 0 unspecified atom stereocenters. The fraction of sp³-hybridized carbons (Fsp3) is 0.158. The zero-order valence-electron chi connectivity index (χ0n) is 14.5. The van der Waals surface area contributed by atoms with E-state index in [0.29, 0.717) is 21.4 Å². The SMILES string of the molecule is CCc1nnc(NC(=O)c2ccccc2NC(=O)Cc2ccc(Cl)cc2)s1. The second-order valence-electron chi connectivity index (χ2n) is 5.71. The smallest absolute Gasteiger partial charge is 0.259 e.